The van der Waals surface area contributed by atoms with E-state index in [1.54, 1.807) is 6.26 Å². The lowest BCUT2D eigenvalue weighted by Gasteiger charge is -2.13. The van der Waals surface area contributed by atoms with Gasteiger partial charge in [-0.2, -0.15) is 0 Å². The molecule has 23 heavy (non-hydrogen) atoms. The lowest BCUT2D eigenvalue weighted by Crippen LogP contribution is -2.12. The van der Waals surface area contributed by atoms with E-state index >= 15 is 0 Å². The number of benzene rings is 2. The van der Waals surface area contributed by atoms with Crippen molar-refractivity contribution in [3.05, 3.63) is 59.9 Å². The lowest BCUT2D eigenvalue weighted by atomic mass is 9.95. The summed E-state index contributed by atoms with van der Waals surface area (Å²) in [5, 5.41) is 7.69. The Balaban J connectivity index is 2.09. The van der Waals surface area contributed by atoms with Gasteiger partial charge in [0.25, 0.3) is 0 Å². The summed E-state index contributed by atoms with van der Waals surface area (Å²) in [7, 11) is 3.97. The molecule has 2 N–H and O–H groups in total. The van der Waals surface area contributed by atoms with Crippen molar-refractivity contribution in [2.75, 3.05) is 20.6 Å². The van der Waals surface area contributed by atoms with Crippen molar-refractivity contribution in [3.8, 4) is 11.1 Å². The molecule has 120 valence electrons. The van der Waals surface area contributed by atoms with Gasteiger partial charge in [0.15, 0.2) is 0 Å². The molecule has 3 rings (SSSR count). The van der Waals surface area contributed by atoms with Crippen molar-refractivity contribution in [3.63, 3.8) is 0 Å². The normalized spacial score (nSPS) is 12.7. The van der Waals surface area contributed by atoms with Crippen LogP contribution in [0.2, 0.25) is 0 Å². The van der Waals surface area contributed by atoms with E-state index in [0.29, 0.717) is 6.04 Å². The van der Waals surface area contributed by atoms with Crippen LogP contribution < -0.4 is 10.6 Å². The first kappa shape index (κ1) is 15.8. The molecule has 1 atom stereocenters. The van der Waals surface area contributed by atoms with Crippen LogP contribution in [0.15, 0.2) is 53.1 Å². The van der Waals surface area contributed by atoms with Crippen molar-refractivity contribution in [1.29, 1.82) is 0 Å². The number of furan rings is 1. The van der Waals surface area contributed by atoms with Crippen molar-refractivity contribution in [2.45, 2.75) is 19.4 Å². The fourth-order valence-electron chi connectivity index (χ4n) is 2.92. The fraction of sp³-hybridized carbons (Fsp3) is 0.300. The maximum atomic E-state index is 5.67. The van der Waals surface area contributed by atoms with E-state index in [0.717, 1.165) is 18.5 Å². The summed E-state index contributed by atoms with van der Waals surface area (Å²) in [6, 6.07) is 15.6. The van der Waals surface area contributed by atoms with E-state index in [9.17, 15) is 0 Å². The summed E-state index contributed by atoms with van der Waals surface area (Å²) in [4.78, 5) is 0. The number of nitrogens with one attached hydrogen (secondary N) is 2. The number of hydrogen-bond donors (Lipinski definition) is 2. The molecule has 0 fully saturated rings. The second kappa shape index (κ2) is 6.99. The molecule has 3 heteroatoms. The maximum absolute atomic E-state index is 5.67. The van der Waals surface area contributed by atoms with Crippen LogP contribution in [-0.2, 0) is 6.42 Å². The van der Waals surface area contributed by atoms with E-state index in [2.05, 4.69) is 60.0 Å². The highest BCUT2D eigenvalue weighted by Gasteiger charge is 2.11. The Morgan fingerprint density at radius 3 is 2.74 bits per heavy atom. The van der Waals surface area contributed by atoms with Crippen LogP contribution in [0.4, 0.5) is 0 Å². The average molecular weight is 308 g/mol. The minimum absolute atomic E-state index is 0.335. The highest BCUT2D eigenvalue weighted by Crippen LogP contribution is 2.32. The van der Waals surface area contributed by atoms with Gasteiger partial charge in [0.1, 0.15) is 5.58 Å². The molecule has 0 amide bonds. The third-order valence-corrected chi connectivity index (χ3v) is 4.43. The molecular weight excluding hydrogens is 284 g/mol. The third kappa shape index (κ3) is 3.31. The molecule has 0 radical (unpaired) electrons. The second-order valence-electron chi connectivity index (χ2n) is 5.97. The standard InChI is InChI=1S/C20H24N2O/c1-14(22-3)16-5-4-6-17(13-16)19-11-15(7-9-21-2)12-20-18(19)8-10-23-20/h4-6,8,10-14,21-22H,7,9H2,1-3H3. The molecule has 0 saturated heterocycles. The Labute approximate surface area is 137 Å². The third-order valence-electron chi connectivity index (χ3n) is 4.43. The van der Waals surface area contributed by atoms with Gasteiger partial charge in [0, 0.05) is 11.4 Å². The molecule has 0 bridgehead atoms. The summed E-state index contributed by atoms with van der Waals surface area (Å²) in [6.07, 6.45) is 2.77. The Hall–Kier alpha value is -2.10. The van der Waals surface area contributed by atoms with Crippen LogP contribution in [0, 0.1) is 0 Å². The zero-order valence-corrected chi connectivity index (χ0v) is 14.0. The van der Waals surface area contributed by atoms with E-state index in [4.69, 9.17) is 4.42 Å². The summed E-state index contributed by atoms with van der Waals surface area (Å²) in [5.41, 5.74) is 6.03. The molecule has 1 heterocycles. The molecule has 1 unspecified atom stereocenters. The van der Waals surface area contributed by atoms with E-state index in [1.807, 2.05) is 14.1 Å². The average Bonchev–Trinajstić information content (AvgIpc) is 3.07. The zero-order valence-electron chi connectivity index (χ0n) is 14.0. The zero-order chi connectivity index (χ0) is 16.2. The number of likely N-dealkylation sites (N-methyl/N-ethyl adjacent to an activating group) is 1. The summed E-state index contributed by atoms with van der Waals surface area (Å²) in [5.74, 6) is 0. The Morgan fingerprint density at radius 2 is 1.96 bits per heavy atom. The molecular formula is C20H24N2O. The quantitative estimate of drug-likeness (QED) is 0.718. The van der Waals surface area contributed by atoms with Crippen molar-refractivity contribution < 1.29 is 4.42 Å². The first-order chi connectivity index (χ1) is 11.2. The first-order valence-corrected chi connectivity index (χ1v) is 8.15. The molecule has 3 aromatic rings. The van der Waals surface area contributed by atoms with Crippen LogP contribution in [-0.4, -0.2) is 20.6 Å². The summed E-state index contributed by atoms with van der Waals surface area (Å²) >= 11 is 0. The van der Waals surface area contributed by atoms with Gasteiger partial charge in [0.2, 0.25) is 0 Å². The minimum atomic E-state index is 0.335. The van der Waals surface area contributed by atoms with Crippen LogP contribution in [0.5, 0.6) is 0 Å². The van der Waals surface area contributed by atoms with Gasteiger partial charge in [-0.05, 0) is 74.4 Å². The number of fused-ring (bicyclic) bond motifs is 1. The first-order valence-electron chi connectivity index (χ1n) is 8.15. The summed E-state index contributed by atoms with van der Waals surface area (Å²) in [6.45, 7) is 3.14. The van der Waals surface area contributed by atoms with Crippen LogP contribution in [0.25, 0.3) is 22.1 Å². The topological polar surface area (TPSA) is 37.2 Å². The molecule has 0 aliphatic carbocycles. The Morgan fingerprint density at radius 1 is 1.09 bits per heavy atom. The molecule has 0 spiro atoms. The maximum Gasteiger partial charge on any atom is 0.134 e. The van der Waals surface area contributed by atoms with E-state index in [-0.39, 0.29) is 0 Å². The van der Waals surface area contributed by atoms with Crippen LogP contribution >= 0.6 is 0 Å². The molecule has 1 aromatic heterocycles. The second-order valence-corrected chi connectivity index (χ2v) is 5.97. The fourth-order valence-corrected chi connectivity index (χ4v) is 2.92. The monoisotopic (exact) mass is 308 g/mol. The van der Waals surface area contributed by atoms with Gasteiger partial charge in [-0.3, -0.25) is 0 Å². The minimum Gasteiger partial charge on any atom is -0.464 e. The number of rotatable bonds is 6. The van der Waals surface area contributed by atoms with Crippen molar-refractivity contribution in [1.82, 2.24) is 10.6 Å². The van der Waals surface area contributed by atoms with Gasteiger partial charge in [-0.25, -0.2) is 0 Å². The Bertz CT molecular complexity index is 791. The van der Waals surface area contributed by atoms with Crippen LogP contribution in [0.3, 0.4) is 0 Å². The van der Waals surface area contributed by atoms with Crippen molar-refractivity contribution in [2.24, 2.45) is 0 Å². The van der Waals surface area contributed by atoms with Gasteiger partial charge in [0.05, 0.1) is 6.26 Å². The highest BCUT2D eigenvalue weighted by atomic mass is 16.3. The van der Waals surface area contributed by atoms with Gasteiger partial charge in [-0.15, -0.1) is 0 Å². The van der Waals surface area contributed by atoms with E-state index < -0.39 is 0 Å². The molecule has 2 aromatic carbocycles. The van der Waals surface area contributed by atoms with Gasteiger partial charge < -0.3 is 15.1 Å². The lowest BCUT2D eigenvalue weighted by molar-refractivity contribution is 0.615. The molecule has 3 nitrogen and oxygen atoms in total. The molecule has 0 aliphatic rings. The largest absolute Gasteiger partial charge is 0.464 e. The van der Waals surface area contributed by atoms with E-state index in [1.165, 1.54) is 27.6 Å². The molecule has 0 aliphatic heterocycles. The SMILES string of the molecule is CNCCc1cc(-c2cccc(C(C)NC)c2)c2ccoc2c1. The van der Waals surface area contributed by atoms with Gasteiger partial charge in [-0.1, -0.05) is 24.3 Å². The number of hydrogen-bond acceptors (Lipinski definition) is 3. The predicted molar refractivity (Wildman–Crippen MR) is 96.8 cm³/mol. The Kier molecular flexibility index (Phi) is 4.79. The molecule has 0 saturated carbocycles. The van der Waals surface area contributed by atoms with Crippen molar-refractivity contribution >= 4 is 11.0 Å². The smallest absolute Gasteiger partial charge is 0.134 e. The highest BCUT2D eigenvalue weighted by molar-refractivity contribution is 5.94. The summed E-state index contributed by atoms with van der Waals surface area (Å²) < 4.78 is 5.67. The van der Waals surface area contributed by atoms with Crippen LogP contribution in [0.1, 0.15) is 24.1 Å². The predicted octanol–water partition coefficient (Wildman–Crippen LogP) is 4.14. The van der Waals surface area contributed by atoms with Gasteiger partial charge >= 0.3 is 0 Å².